The molecule has 0 spiro atoms. The van der Waals surface area contributed by atoms with Crippen LogP contribution in [0.25, 0.3) is 0 Å². The number of alkyl halides is 3. The third kappa shape index (κ3) is 4.82. The van der Waals surface area contributed by atoms with Gasteiger partial charge < -0.3 is 15.5 Å². The lowest BCUT2D eigenvalue weighted by Crippen LogP contribution is -2.62. The van der Waals surface area contributed by atoms with Gasteiger partial charge in [0.15, 0.2) is 0 Å². The van der Waals surface area contributed by atoms with Crippen LogP contribution in [0.2, 0.25) is 0 Å². The van der Waals surface area contributed by atoms with Crippen LogP contribution in [-0.2, 0) is 16.1 Å². The van der Waals surface area contributed by atoms with Crippen molar-refractivity contribution in [3.8, 4) is 0 Å². The Morgan fingerprint density at radius 3 is 2.32 bits per heavy atom. The molecule has 0 unspecified atom stereocenters. The number of halogens is 3. The third-order valence-electron chi connectivity index (χ3n) is 3.61. The Morgan fingerprint density at radius 2 is 1.80 bits per heavy atom. The molecule has 1 aliphatic heterocycles. The molecule has 6 nitrogen and oxygen atoms in total. The number of nitrogens with zero attached hydrogens (tertiary/aromatic N) is 1. The van der Waals surface area contributed by atoms with Gasteiger partial charge in [0.1, 0.15) is 0 Å². The van der Waals surface area contributed by atoms with Crippen LogP contribution in [-0.4, -0.2) is 47.9 Å². The van der Waals surface area contributed by atoms with Crippen LogP contribution < -0.4 is 10.6 Å². The van der Waals surface area contributed by atoms with Gasteiger partial charge in [-0.25, -0.2) is 0 Å². The molecule has 2 N–H and O–H groups in total. The molecule has 25 heavy (non-hydrogen) atoms. The minimum atomic E-state index is -4.93. The van der Waals surface area contributed by atoms with Gasteiger partial charge in [-0.15, -0.1) is 0 Å². The molecule has 134 valence electrons. The van der Waals surface area contributed by atoms with Crippen molar-refractivity contribution < 1.29 is 27.6 Å². The summed E-state index contributed by atoms with van der Waals surface area (Å²) in [5.41, 5.74) is 1.16. The van der Waals surface area contributed by atoms with E-state index in [1.54, 1.807) is 24.3 Å². The fourth-order valence-corrected chi connectivity index (χ4v) is 2.21. The highest BCUT2D eigenvalue weighted by Gasteiger charge is 2.42. The van der Waals surface area contributed by atoms with Crippen molar-refractivity contribution >= 4 is 17.7 Å². The van der Waals surface area contributed by atoms with Crippen molar-refractivity contribution in [3.63, 3.8) is 0 Å². The fraction of sp³-hybridized carbons (Fsp3) is 0.312. The maximum Gasteiger partial charge on any atom is 0.471 e. The molecule has 0 atom stereocenters. The Bertz CT molecular complexity index is 680. The van der Waals surface area contributed by atoms with Gasteiger partial charge in [0.05, 0.1) is 6.04 Å². The lowest BCUT2D eigenvalue weighted by atomic mass is 10.1. The van der Waals surface area contributed by atoms with E-state index in [-0.39, 0.29) is 31.4 Å². The van der Waals surface area contributed by atoms with Gasteiger partial charge in [0.25, 0.3) is 5.91 Å². The molecule has 1 heterocycles. The van der Waals surface area contributed by atoms with Crippen LogP contribution in [0.4, 0.5) is 13.2 Å². The van der Waals surface area contributed by atoms with Crippen molar-refractivity contribution in [2.45, 2.75) is 18.8 Å². The molecule has 1 aliphatic rings. The Labute approximate surface area is 141 Å². The zero-order valence-corrected chi connectivity index (χ0v) is 13.1. The molecule has 0 saturated carbocycles. The van der Waals surface area contributed by atoms with Crippen LogP contribution in [0, 0.1) is 0 Å². The predicted octanol–water partition coefficient (Wildman–Crippen LogP) is 0.992. The predicted molar refractivity (Wildman–Crippen MR) is 82.4 cm³/mol. The average molecular weight is 355 g/mol. The summed E-state index contributed by atoms with van der Waals surface area (Å²) in [5, 5.41) is 4.42. The van der Waals surface area contributed by atoms with Gasteiger partial charge in [0.2, 0.25) is 5.91 Å². The molecule has 0 aromatic heterocycles. The van der Waals surface area contributed by atoms with Crippen molar-refractivity contribution in [3.05, 3.63) is 48.0 Å². The monoisotopic (exact) mass is 355 g/mol. The first kappa shape index (κ1) is 18.5. The van der Waals surface area contributed by atoms with E-state index in [4.69, 9.17) is 0 Å². The van der Waals surface area contributed by atoms with Gasteiger partial charge in [-0.2, -0.15) is 13.2 Å². The summed E-state index contributed by atoms with van der Waals surface area (Å²) < 4.78 is 36.4. The summed E-state index contributed by atoms with van der Waals surface area (Å²) in [5.74, 6) is -2.65. The lowest BCUT2D eigenvalue weighted by molar-refractivity contribution is -0.175. The third-order valence-corrected chi connectivity index (χ3v) is 3.61. The van der Waals surface area contributed by atoms with Crippen LogP contribution in [0.3, 0.4) is 0 Å². The van der Waals surface area contributed by atoms with Crippen LogP contribution in [0.15, 0.2) is 36.9 Å². The molecule has 0 bridgehead atoms. The molecular weight excluding hydrogens is 339 g/mol. The van der Waals surface area contributed by atoms with Crippen LogP contribution >= 0.6 is 0 Å². The van der Waals surface area contributed by atoms with E-state index in [1.807, 2.05) is 5.32 Å². The molecule has 1 saturated heterocycles. The highest BCUT2D eigenvalue weighted by Crippen LogP contribution is 2.18. The number of benzene rings is 1. The Morgan fingerprint density at radius 1 is 1.20 bits per heavy atom. The second-order valence-corrected chi connectivity index (χ2v) is 5.50. The number of hydrogen-bond donors (Lipinski definition) is 2. The minimum absolute atomic E-state index is 0.0256. The molecule has 1 aromatic rings. The summed E-state index contributed by atoms with van der Waals surface area (Å²) in [6.45, 7) is 3.67. The quantitative estimate of drug-likeness (QED) is 0.774. The largest absolute Gasteiger partial charge is 0.471 e. The number of likely N-dealkylation sites (tertiary alicyclic amines) is 1. The topological polar surface area (TPSA) is 78.5 Å². The summed E-state index contributed by atoms with van der Waals surface area (Å²) in [4.78, 5) is 35.4. The first-order valence-corrected chi connectivity index (χ1v) is 7.37. The summed E-state index contributed by atoms with van der Waals surface area (Å²) in [6, 6.07) is 5.77. The van der Waals surface area contributed by atoms with Crippen molar-refractivity contribution in [1.29, 1.82) is 0 Å². The molecular formula is C16H16F3N3O3. The maximum atomic E-state index is 12.2. The first-order chi connectivity index (χ1) is 11.7. The van der Waals surface area contributed by atoms with E-state index in [2.05, 4.69) is 11.9 Å². The van der Waals surface area contributed by atoms with E-state index < -0.39 is 18.1 Å². The lowest BCUT2D eigenvalue weighted by Gasteiger charge is -2.39. The summed E-state index contributed by atoms with van der Waals surface area (Å²) in [7, 11) is 0. The molecule has 1 aromatic carbocycles. The summed E-state index contributed by atoms with van der Waals surface area (Å²) in [6.07, 6.45) is -3.78. The molecule has 1 fully saturated rings. The SMILES string of the molecule is C=CC(=O)NCc1ccc(C(=O)N2CC(NC(=O)C(F)(F)F)C2)cc1. The van der Waals surface area contributed by atoms with E-state index in [0.717, 1.165) is 11.6 Å². The molecule has 0 radical (unpaired) electrons. The minimum Gasteiger partial charge on any atom is -0.348 e. The molecule has 9 heteroatoms. The standard InChI is InChI=1S/C16H16F3N3O3/c1-2-13(23)20-7-10-3-5-11(6-4-10)14(24)22-8-12(9-22)21-15(25)16(17,18)19/h2-6,12H,1,7-9H2,(H,20,23)(H,21,25). The Hall–Kier alpha value is -2.84. The zero-order valence-electron chi connectivity index (χ0n) is 13.1. The Balaban J connectivity index is 1.83. The number of hydrogen-bond acceptors (Lipinski definition) is 3. The first-order valence-electron chi connectivity index (χ1n) is 7.37. The van der Waals surface area contributed by atoms with E-state index in [1.165, 1.54) is 4.90 Å². The maximum absolute atomic E-state index is 12.2. The number of amides is 3. The number of carbonyl (C=O) groups excluding carboxylic acids is 3. The van der Waals surface area contributed by atoms with Crippen LogP contribution in [0.5, 0.6) is 0 Å². The van der Waals surface area contributed by atoms with Crippen LogP contribution in [0.1, 0.15) is 15.9 Å². The van der Waals surface area contributed by atoms with Gasteiger partial charge in [0, 0.05) is 25.2 Å². The van der Waals surface area contributed by atoms with Gasteiger partial charge in [-0.05, 0) is 23.8 Å². The van der Waals surface area contributed by atoms with E-state index in [0.29, 0.717) is 5.56 Å². The number of nitrogens with one attached hydrogen (secondary N) is 2. The molecule has 3 amide bonds. The van der Waals surface area contributed by atoms with Gasteiger partial charge in [-0.1, -0.05) is 18.7 Å². The van der Waals surface area contributed by atoms with Crippen molar-refractivity contribution in [1.82, 2.24) is 15.5 Å². The smallest absolute Gasteiger partial charge is 0.348 e. The normalized spacial score (nSPS) is 14.4. The second-order valence-electron chi connectivity index (χ2n) is 5.50. The molecule has 2 rings (SSSR count). The average Bonchev–Trinajstić information content (AvgIpc) is 2.54. The van der Waals surface area contributed by atoms with Crippen molar-refractivity contribution in [2.75, 3.05) is 13.1 Å². The second kappa shape index (κ2) is 7.37. The van der Waals surface area contributed by atoms with Crippen molar-refractivity contribution in [2.24, 2.45) is 0 Å². The summed E-state index contributed by atoms with van der Waals surface area (Å²) >= 11 is 0. The number of carbonyl (C=O) groups is 3. The Kier molecular flexibility index (Phi) is 5.45. The molecule has 0 aliphatic carbocycles. The van der Waals surface area contributed by atoms with Gasteiger partial charge in [-0.3, -0.25) is 14.4 Å². The van der Waals surface area contributed by atoms with E-state index >= 15 is 0 Å². The van der Waals surface area contributed by atoms with E-state index in [9.17, 15) is 27.6 Å². The highest BCUT2D eigenvalue weighted by atomic mass is 19.4. The fourth-order valence-electron chi connectivity index (χ4n) is 2.21. The zero-order chi connectivity index (χ0) is 18.6. The number of rotatable bonds is 5. The van der Waals surface area contributed by atoms with Gasteiger partial charge >= 0.3 is 12.1 Å². The highest BCUT2D eigenvalue weighted by molar-refractivity contribution is 5.95.